The van der Waals surface area contributed by atoms with Gasteiger partial charge in [0.05, 0.1) is 22.1 Å². The summed E-state index contributed by atoms with van der Waals surface area (Å²) in [5.74, 6) is 0. The van der Waals surface area contributed by atoms with Gasteiger partial charge in [-0.1, -0.05) is 97.1 Å². The standard InChI is InChI=1S/C24H16N2.2C13H8NS.Ir/c1-3-7-17(8-4-1)19-13-15-25-23-21(19)11-12-22-20(14-16-26-24(22)23)18-9-5-2-6-10-18;2*1-2-6-10(7-3-1)13-14-11-8-4-5-9-12(11)15-13;/h1-16H;2*1-6,8-9H;/q;2*-1;. The summed E-state index contributed by atoms with van der Waals surface area (Å²) in [6, 6.07) is 68.0. The Labute approximate surface area is 352 Å². The third-order valence-corrected chi connectivity index (χ3v) is 11.4. The van der Waals surface area contributed by atoms with E-state index in [-0.39, 0.29) is 20.1 Å². The zero-order chi connectivity index (χ0) is 37.5. The van der Waals surface area contributed by atoms with E-state index in [0.717, 1.165) is 54.0 Å². The first-order valence-corrected chi connectivity index (χ1v) is 19.8. The largest absolute Gasteiger partial charge is 0.285 e. The van der Waals surface area contributed by atoms with Crippen molar-refractivity contribution in [2.24, 2.45) is 0 Å². The molecule has 0 aliphatic rings. The van der Waals surface area contributed by atoms with Crippen LogP contribution in [0.4, 0.5) is 0 Å². The van der Waals surface area contributed by atoms with Gasteiger partial charge in [0.25, 0.3) is 0 Å². The van der Waals surface area contributed by atoms with Crippen molar-refractivity contribution in [3.63, 3.8) is 0 Å². The van der Waals surface area contributed by atoms with Gasteiger partial charge >= 0.3 is 0 Å². The van der Waals surface area contributed by atoms with Crippen LogP contribution in [-0.2, 0) is 20.1 Å². The molecule has 0 amide bonds. The van der Waals surface area contributed by atoms with Crippen LogP contribution >= 0.6 is 22.7 Å². The third-order valence-electron chi connectivity index (χ3n) is 9.26. The number of fused-ring (bicyclic) bond motifs is 5. The summed E-state index contributed by atoms with van der Waals surface area (Å²) in [5, 5.41) is 4.33. The van der Waals surface area contributed by atoms with E-state index in [1.54, 1.807) is 22.7 Å². The smallest absolute Gasteiger partial charge is 0.0970 e. The van der Waals surface area contributed by atoms with Crippen molar-refractivity contribution in [1.82, 2.24) is 19.9 Å². The van der Waals surface area contributed by atoms with E-state index in [4.69, 9.17) is 0 Å². The molecule has 57 heavy (non-hydrogen) atoms. The van der Waals surface area contributed by atoms with Crippen LogP contribution in [0.2, 0.25) is 0 Å². The Bertz CT molecular complexity index is 2750. The number of hydrogen-bond acceptors (Lipinski definition) is 6. The predicted molar refractivity (Wildman–Crippen MR) is 236 cm³/mol. The molecule has 0 saturated carbocycles. The molecule has 4 aromatic heterocycles. The van der Waals surface area contributed by atoms with Gasteiger partial charge < -0.3 is 0 Å². The molecular weight excluding hydrogens is 913 g/mol. The molecule has 0 bridgehead atoms. The number of pyridine rings is 2. The molecule has 0 aliphatic heterocycles. The molecule has 0 aliphatic carbocycles. The van der Waals surface area contributed by atoms with E-state index in [9.17, 15) is 0 Å². The minimum atomic E-state index is 0. The van der Waals surface area contributed by atoms with Crippen LogP contribution < -0.4 is 0 Å². The maximum absolute atomic E-state index is 4.67. The van der Waals surface area contributed by atoms with Gasteiger partial charge in [0.1, 0.15) is 0 Å². The summed E-state index contributed by atoms with van der Waals surface area (Å²) in [6.45, 7) is 0. The second-order valence-corrected chi connectivity index (χ2v) is 14.9. The minimum Gasteiger partial charge on any atom is -0.285 e. The Kier molecular flexibility index (Phi) is 11.7. The number of nitrogens with zero attached hydrogens (tertiary/aromatic N) is 4. The first-order valence-electron chi connectivity index (χ1n) is 18.2. The minimum absolute atomic E-state index is 0. The van der Waals surface area contributed by atoms with Gasteiger partial charge in [-0.15, -0.1) is 71.8 Å². The molecule has 0 unspecified atom stereocenters. The van der Waals surface area contributed by atoms with Crippen LogP contribution in [0.25, 0.3) is 85.6 Å². The first kappa shape index (κ1) is 37.7. The van der Waals surface area contributed by atoms with Crippen molar-refractivity contribution in [3.05, 3.63) is 207 Å². The quantitative estimate of drug-likeness (QED) is 0.130. The van der Waals surface area contributed by atoms with Crippen molar-refractivity contribution < 1.29 is 20.1 Å². The van der Waals surface area contributed by atoms with Crippen molar-refractivity contribution in [1.29, 1.82) is 0 Å². The fraction of sp³-hybridized carbons (Fsp3) is 0. The monoisotopic (exact) mass is 945 g/mol. The predicted octanol–water partition coefficient (Wildman–Crippen LogP) is 13.6. The molecule has 0 N–H and O–H groups in total. The van der Waals surface area contributed by atoms with Crippen molar-refractivity contribution >= 4 is 64.9 Å². The van der Waals surface area contributed by atoms with E-state index < -0.39 is 0 Å². The summed E-state index contributed by atoms with van der Waals surface area (Å²) in [7, 11) is 0. The third kappa shape index (κ3) is 8.34. The molecule has 275 valence electrons. The van der Waals surface area contributed by atoms with E-state index >= 15 is 0 Å². The van der Waals surface area contributed by atoms with Crippen LogP contribution in [-0.4, -0.2) is 19.9 Å². The zero-order valence-electron chi connectivity index (χ0n) is 30.4. The molecule has 0 saturated heterocycles. The molecular formula is C50H32IrN4S2-2. The summed E-state index contributed by atoms with van der Waals surface area (Å²) in [6.07, 6.45) is 3.75. The van der Waals surface area contributed by atoms with Gasteiger partial charge in [0, 0.05) is 62.7 Å². The van der Waals surface area contributed by atoms with E-state index in [0.29, 0.717) is 0 Å². The maximum Gasteiger partial charge on any atom is 0.0970 e. The summed E-state index contributed by atoms with van der Waals surface area (Å²) in [4.78, 5) is 18.5. The molecule has 7 heteroatoms. The Morgan fingerprint density at radius 3 is 1.19 bits per heavy atom. The second-order valence-electron chi connectivity index (χ2n) is 12.8. The molecule has 11 rings (SSSR count). The molecule has 4 heterocycles. The van der Waals surface area contributed by atoms with E-state index in [1.165, 1.54) is 31.7 Å². The number of benzene rings is 7. The number of aromatic nitrogens is 4. The molecule has 1 radical (unpaired) electrons. The molecule has 0 fully saturated rings. The number of hydrogen-bond donors (Lipinski definition) is 0. The van der Waals surface area contributed by atoms with Gasteiger partial charge in [-0.2, -0.15) is 22.7 Å². The normalized spacial score (nSPS) is 10.7. The van der Waals surface area contributed by atoms with Crippen LogP contribution in [0.15, 0.2) is 194 Å². The summed E-state index contributed by atoms with van der Waals surface area (Å²) < 4.78 is 2.45. The second kappa shape index (κ2) is 17.7. The first-order chi connectivity index (χ1) is 27.8. The summed E-state index contributed by atoms with van der Waals surface area (Å²) in [5.41, 5.74) is 10.9. The zero-order valence-corrected chi connectivity index (χ0v) is 34.4. The van der Waals surface area contributed by atoms with Crippen LogP contribution in [0, 0.1) is 12.1 Å². The number of rotatable bonds is 4. The van der Waals surface area contributed by atoms with Gasteiger partial charge in [-0.25, -0.2) is 0 Å². The van der Waals surface area contributed by atoms with E-state index in [2.05, 4.69) is 117 Å². The Morgan fingerprint density at radius 1 is 0.386 bits per heavy atom. The molecule has 7 aromatic carbocycles. The van der Waals surface area contributed by atoms with Gasteiger partial charge in [-0.05, 0) is 58.7 Å². The van der Waals surface area contributed by atoms with Crippen molar-refractivity contribution in [3.8, 4) is 43.4 Å². The molecule has 4 nitrogen and oxygen atoms in total. The number of thiazole rings is 2. The van der Waals surface area contributed by atoms with Gasteiger partial charge in [0.2, 0.25) is 0 Å². The van der Waals surface area contributed by atoms with Crippen molar-refractivity contribution in [2.45, 2.75) is 0 Å². The van der Waals surface area contributed by atoms with Crippen LogP contribution in [0.5, 0.6) is 0 Å². The van der Waals surface area contributed by atoms with E-state index in [1.807, 2.05) is 109 Å². The number of para-hydroxylation sites is 2. The van der Waals surface area contributed by atoms with Crippen LogP contribution in [0.1, 0.15) is 0 Å². The molecule has 11 aromatic rings. The fourth-order valence-electron chi connectivity index (χ4n) is 6.59. The van der Waals surface area contributed by atoms with Gasteiger partial charge in [0.15, 0.2) is 0 Å². The SMILES string of the molecule is [Ir].[c-]1ccccc1-c1nc2ccccc2s1.[c-]1ccccc1-c1nc2ccccc2s1.c1ccc(-c2ccnc3c2ccc2c(-c4ccccc4)ccnc23)cc1. The fourth-order valence-corrected chi connectivity index (χ4v) is 8.50. The Morgan fingerprint density at radius 2 is 0.789 bits per heavy atom. The Hall–Kier alpha value is -6.21. The molecule has 0 atom stereocenters. The topological polar surface area (TPSA) is 51.6 Å². The Balaban J connectivity index is 0.000000126. The maximum atomic E-state index is 4.67. The average molecular weight is 945 g/mol. The average Bonchev–Trinajstić information content (AvgIpc) is 3.93. The van der Waals surface area contributed by atoms with Gasteiger partial charge in [-0.3, -0.25) is 19.9 Å². The summed E-state index contributed by atoms with van der Waals surface area (Å²) >= 11 is 3.42. The van der Waals surface area contributed by atoms with Crippen molar-refractivity contribution in [2.75, 3.05) is 0 Å². The molecule has 0 spiro atoms. The van der Waals surface area contributed by atoms with Crippen LogP contribution in [0.3, 0.4) is 0 Å².